The number of nitrogens with zero attached hydrogens (tertiary/aromatic N) is 2. The molecule has 1 N–H and O–H groups in total. The van der Waals surface area contributed by atoms with E-state index in [-0.39, 0.29) is 5.56 Å². The van der Waals surface area contributed by atoms with E-state index in [1.807, 2.05) is 18.4 Å². The molecule has 20 heavy (non-hydrogen) atoms. The first kappa shape index (κ1) is 12.8. The highest BCUT2D eigenvalue weighted by Crippen LogP contribution is 2.25. The Balaban J connectivity index is 2.04. The van der Waals surface area contributed by atoms with Crippen LogP contribution < -0.4 is 5.56 Å². The fraction of sp³-hybridized carbons (Fsp3) is 0.214. The van der Waals surface area contributed by atoms with Crippen LogP contribution in [-0.2, 0) is 6.54 Å². The second kappa shape index (κ2) is 4.72. The van der Waals surface area contributed by atoms with Crippen LogP contribution in [0.1, 0.15) is 26.6 Å². The maximum atomic E-state index is 12.1. The lowest BCUT2D eigenvalue weighted by Crippen LogP contribution is -2.13. The molecule has 0 unspecified atom stereocenters. The number of carbonyl (C=O) groups is 1. The van der Waals surface area contributed by atoms with Gasteiger partial charge in [0.15, 0.2) is 6.29 Å². The minimum Gasteiger partial charge on any atom is -0.346 e. The van der Waals surface area contributed by atoms with Crippen LogP contribution in [0.4, 0.5) is 0 Å². The van der Waals surface area contributed by atoms with Crippen LogP contribution in [0.25, 0.3) is 10.2 Å². The third-order valence-electron chi connectivity index (χ3n) is 3.33. The standard InChI is InChI=1S/C14H13N3O2S/c1-8-9(2)20-14-12(8)13(19)15-11(16-14)6-17-4-3-10(5-17)7-18/h3-5,7H,6H2,1-2H3,(H,15,16,19). The lowest BCUT2D eigenvalue weighted by Gasteiger charge is -2.02. The van der Waals surface area contributed by atoms with E-state index in [2.05, 4.69) is 9.97 Å². The average molecular weight is 287 g/mol. The van der Waals surface area contributed by atoms with Crippen LogP contribution >= 0.6 is 11.3 Å². The minimum absolute atomic E-state index is 0.102. The fourth-order valence-electron chi connectivity index (χ4n) is 2.17. The molecule has 6 heteroatoms. The third kappa shape index (κ3) is 2.08. The van der Waals surface area contributed by atoms with Crippen molar-refractivity contribution >= 4 is 27.8 Å². The molecule has 0 atom stereocenters. The Morgan fingerprint density at radius 1 is 1.45 bits per heavy atom. The first-order valence-electron chi connectivity index (χ1n) is 6.18. The number of fused-ring (bicyclic) bond motifs is 1. The van der Waals surface area contributed by atoms with E-state index in [1.54, 1.807) is 18.5 Å². The van der Waals surface area contributed by atoms with Gasteiger partial charge in [0.05, 0.1) is 11.9 Å². The van der Waals surface area contributed by atoms with Gasteiger partial charge in [-0.05, 0) is 25.5 Å². The molecular formula is C14H13N3O2S. The van der Waals surface area contributed by atoms with Crippen LogP contribution in [0.15, 0.2) is 23.3 Å². The first-order chi connectivity index (χ1) is 9.58. The van der Waals surface area contributed by atoms with Gasteiger partial charge in [0.25, 0.3) is 5.56 Å². The molecular weight excluding hydrogens is 274 g/mol. The summed E-state index contributed by atoms with van der Waals surface area (Å²) in [6.45, 7) is 4.37. The van der Waals surface area contributed by atoms with Crippen molar-refractivity contribution in [1.29, 1.82) is 0 Å². The Bertz CT molecular complexity index is 857. The maximum absolute atomic E-state index is 12.1. The summed E-state index contributed by atoms with van der Waals surface area (Å²) >= 11 is 1.53. The molecule has 3 rings (SSSR count). The van der Waals surface area contributed by atoms with Gasteiger partial charge in [-0.2, -0.15) is 0 Å². The summed E-state index contributed by atoms with van der Waals surface area (Å²) in [5.41, 5.74) is 1.50. The topological polar surface area (TPSA) is 67.8 Å². The summed E-state index contributed by atoms with van der Waals surface area (Å²) in [5, 5.41) is 0.678. The quantitative estimate of drug-likeness (QED) is 0.751. The van der Waals surface area contributed by atoms with E-state index < -0.39 is 0 Å². The lowest BCUT2D eigenvalue weighted by atomic mass is 10.2. The molecule has 0 fully saturated rings. The van der Waals surface area contributed by atoms with E-state index in [1.165, 1.54) is 11.3 Å². The van der Waals surface area contributed by atoms with Gasteiger partial charge in [-0.3, -0.25) is 9.59 Å². The first-order valence-corrected chi connectivity index (χ1v) is 7.00. The number of aromatic amines is 1. The van der Waals surface area contributed by atoms with Crippen LogP contribution in [0.5, 0.6) is 0 Å². The molecule has 3 aromatic heterocycles. The SMILES string of the molecule is Cc1sc2nc(Cn3ccc(C=O)c3)[nH]c(=O)c2c1C. The molecule has 0 aliphatic heterocycles. The van der Waals surface area contributed by atoms with Gasteiger partial charge in [0.2, 0.25) is 0 Å². The van der Waals surface area contributed by atoms with Gasteiger partial charge < -0.3 is 9.55 Å². The van der Waals surface area contributed by atoms with E-state index >= 15 is 0 Å². The number of aromatic nitrogens is 3. The molecule has 0 aromatic carbocycles. The van der Waals surface area contributed by atoms with Crippen molar-refractivity contribution in [3.8, 4) is 0 Å². The van der Waals surface area contributed by atoms with Crippen LogP contribution in [0.3, 0.4) is 0 Å². The number of hydrogen-bond acceptors (Lipinski definition) is 4. The molecule has 5 nitrogen and oxygen atoms in total. The number of carbonyl (C=O) groups excluding carboxylic acids is 1. The molecule has 0 saturated carbocycles. The van der Waals surface area contributed by atoms with Crippen molar-refractivity contribution in [3.05, 3.63) is 50.6 Å². The van der Waals surface area contributed by atoms with Crippen LogP contribution in [-0.4, -0.2) is 20.8 Å². The number of hydrogen-bond donors (Lipinski definition) is 1. The van der Waals surface area contributed by atoms with Gasteiger partial charge in [-0.1, -0.05) is 0 Å². The summed E-state index contributed by atoms with van der Waals surface area (Å²) in [4.78, 5) is 32.0. The highest BCUT2D eigenvalue weighted by Gasteiger charge is 2.11. The summed E-state index contributed by atoms with van der Waals surface area (Å²) in [6.07, 6.45) is 4.31. The highest BCUT2D eigenvalue weighted by molar-refractivity contribution is 7.18. The smallest absolute Gasteiger partial charge is 0.259 e. The summed E-state index contributed by atoms with van der Waals surface area (Å²) in [7, 11) is 0. The monoisotopic (exact) mass is 287 g/mol. The zero-order chi connectivity index (χ0) is 14.3. The van der Waals surface area contributed by atoms with Gasteiger partial charge in [-0.25, -0.2) is 4.98 Å². The number of aryl methyl sites for hydroxylation is 2. The molecule has 0 aliphatic carbocycles. The van der Waals surface area contributed by atoms with Crippen molar-refractivity contribution in [2.24, 2.45) is 0 Å². The molecule has 0 bridgehead atoms. The molecule has 102 valence electrons. The third-order valence-corrected chi connectivity index (χ3v) is 4.43. The Morgan fingerprint density at radius 2 is 2.25 bits per heavy atom. The Morgan fingerprint density at radius 3 is 2.95 bits per heavy atom. The summed E-state index contributed by atoms with van der Waals surface area (Å²) in [6, 6.07) is 1.73. The van der Waals surface area contributed by atoms with E-state index in [0.717, 1.165) is 21.6 Å². The second-order valence-corrected chi connectivity index (χ2v) is 5.91. The van der Waals surface area contributed by atoms with Crippen molar-refractivity contribution in [3.63, 3.8) is 0 Å². The molecule has 3 aromatic rings. The largest absolute Gasteiger partial charge is 0.346 e. The van der Waals surface area contributed by atoms with Crippen molar-refractivity contribution in [2.45, 2.75) is 20.4 Å². The summed E-state index contributed by atoms with van der Waals surface area (Å²) in [5.74, 6) is 0.594. The van der Waals surface area contributed by atoms with E-state index in [9.17, 15) is 9.59 Å². The molecule has 0 spiro atoms. The van der Waals surface area contributed by atoms with Gasteiger partial charge in [-0.15, -0.1) is 11.3 Å². The predicted octanol–water partition coefficient (Wildman–Crippen LogP) is 2.26. The minimum atomic E-state index is -0.102. The number of nitrogens with one attached hydrogen (secondary N) is 1. The predicted molar refractivity (Wildman–Crippen MR) is 78.6 cm³/mol. The molecule has 0 saturated heterocycles. The molecule has 0 amide bonds. The molecule has 0 radical (unpaired) electrons. The Kier molecular flexibility index (Phi) is 3.02. The second-order valence-electron chi connectivity index (χ2n) is 4.71. The van der Waals surface area contributed by atoms with E-state index in [0.29, 0.717) is 23.3 Å². The van der Waals surface area contributed by atoms with E-state index in [4.69, 9.17) is 0 Å². The number of thiophene rings is 1. The molecule has 3 heterocycles. The van der Waals surface area contributed by atoms with Crippen molar-refractivity contribution < 1.29 is 4.79 Å². The fourth-order valence-corrected chi connectivity index (χ4v) is 3.22. The average Bonchev–Trinajstić information content (AvgIpc) is 2.95. The number of aldehydes is 1. The van der Waals surface area contributed by atoms with Crippen molar-refractivity contribution in [1.82, 2.24) is 14.5 Å². The normalized spacial score (nSPS) is 11.1. The zero-order valence-corrected chi connectivity index (χ0v) is 12.0. The Labute approximate surface area is 118 Å². The van der Waals surface area contributed by atoms with Crippen molar-refractivity contribution in [2.75, 3.05) is 0 Å². The van der Waals surface area contributed by atoms with Gasteiger partial charge in [0, 0.05) is 22.8 Å². The molecule has 0 aliphatic rings. The van der Waals surface area contributed by atoms with Gasteiger partial charge >= 0.3 is 0 Å². The zero-order valence-electron chi connectivity index (χ0n) is 11.1. The van der Waals surface area contributed by atoms with Gasteiger partial charge in [0.1, 0.15) is 10.7 Å². The summed E-state index contributed by atoms with van der Waals surface area (Å²) < 4.78 is 1.82. The van der Waals surface area contributed by atoms with Crippen LogP contribution in [0, 0.1) is 13.8 Å². The Hall–Kier alpha value is -2.21. The number of rotatable bonds is 3. The lowest BCUT2D eigenvalue weighted by molar-refractivity contribution is 0.112. The van der Waals surface area contributed by atoms with Crippen LogP contribution in [0.2, 0.25) is 0 Å². The highest BCUT2D eigenvalue weighted by atomic mass is 32.1. The number of H-pyrrole nitrogens is 1. The maximum Gasteiger partial charge on any atom is 0.259 e.